The number of rotatable bonds is 7. The van der Waals surface area contributed by atoms with E-state index in [4.69, 9.17) is 16.3 Å². The molecule has 1 heterocycles. The molecule has 1 aromatic heterocycles. The molecule has 1 N–H and O–H groups in total. The molecule has 0 aliphatic rings. The van der Waals surface area contributed by atoms with Gasteiger partial charge in [-0.05, 0) is 18.6 Å². The van der Waals surface area contributed by atoms with E-state index >= 15 is 0 Å². The van der Waals surface area contributed by atoms with Crippen LogP contribution >= 0.6 is 22.9 Å². The quantitative estimate of drug-likeness (QED) is 0.759. The minimum atomic E-state index is -0.527. The zero-order chi connectivity index (χ0) is 17.5. The Labute approximate surface area is 148 Å². The van der Waals surface area contributed by atoms with E-state index in [1.807, 2.05) is 6.07 Å². The van der Waals surface area contributed by atoms with Gasteiger partial charge in [0.15, 0.2) is 6.61 Å². The van der Waals surface area contributed by atoms with E-state index in [-0.39, 0.29) is 31.0 Å². The van der Waals surface area contributed by atoms with Crippen molar-refractivity contribution in [3.05, 3.63) is 55.6 Å². The van der Waals surface area contributed by atoms with Crippen LogP contribution in [0.25, 0.3) is 0 Å². The Morgan fingerprint density at radius 2 is 2.08 bits per heavy atom. The third kappa shape index (κ3) is 5.21. The average Bonchev–Trinajstić information content (AvgIpc) is 2.88. The van der Waals surface area contributed by atoms with E-state index in [9.17, 15) is 14.4 Å². The van der Waals surface area contributed by atoms with E-state index in [1.54, 1.807) is 30.5 Å². The van der Waals surface area contributed by atoms with Crippen LogP contribution in [-0.4, -0.2) is 23.1 Å². The van der Waals surface area contributed by atoms with Crippen molar-refractivity contribution < 1.29 is 14.3 Å². The molecule has 24 heavy (non-hydrogen) atoms. The Bertz CT molecular complexity index is 784. The second-order valence-electron chi connectivity index (χ2n) is 5.07. The molecule has 8 heteroatoms. The van der Waals surface area contributed by atoms with Gasteiger partial charge in [0.25, 0.3) is 5.91 Å². The molecule has 6 nitrogen and oxygen atoms in total. The fraction of sp³-hybridized carbons (Fsp3) is 0.312. The lowest BCUT2D eigenvalue weighted by atomic mass is 10.2. The number of thiazole rings is 1. The Kier molecular flexibility index (Phi) is 6.57. The Hall–Kier alpha value is -2.12. The zero-order valence-electron chi connectivity index (χ0n) is 13.1. The first-order valence-electron chi connectivity index (χ1n) is 7.28. The number of aryl methyl sites for hydroxylation is 1. The molecule has 0 fully saturated rings. The van der Waals surface area contributed by atoms with Gasteiger partial charge in [0, 0.05) is 29.2 Å². The highest BCUT2D eigenvalue weighted by Crippen LogP contribution is 2.14. The molecule has 0 radical (unpaired) electrons. The minimum Gasteiger partial charge on any atom is -0.456 e. The monoisotopic (exact) mass is 368 g/mol. The molecule has 0 spiro atoms. The van der Waals surface area contributed by atoms with Crippen LogP contribution in [-0.2, 0) is 27.4 Å². The number of nitrogens with zero attached hydrogens (tertiary/aromatic N) is 1. The van der Waals surface area contributed by atoms with Crippen LogP contribution in [0.4, 0.5) is 0 Å². The van der Waals surface area contributed by atoms with Gasteiger partial charge in [-0.2, -0.15) is 0 Å². The van der Waals surface area contributed by atoms with Crippen molar-refractivity contribution in [3.8, 4) is 0 Å². The highest BCUT2D eigenvalue weighted by Gasteiger charge is 2.10. The summed E-state index contributed by atoms with van der Waals surface area (Å²) >= 11 is 7.07. The first kappa shape index (κ1) is 18.2. The summed E-state index contributed by atoms with van der Waals surface area (Å²) in [5, 5.41) is 4.92. The van der Waals surface area contributed by atoms with Gasteiger partial charge in [-0.15, -0.1) is 0 Å². The highest BCUT2D eigenvalue weighted by atomic mass is 35.5. The molecule has 128 valence electrons. The van der Waals surface area contributed by atoms with Crippen molar-refractivity contribution in [3.63, 3.8) is 0 Å². The average molecular weight is 369 g/mol. The second-order valence-corrected chi connectivity index (χ2v) is 6.30. The summed E-state index contributed by atoms with van der Waals surface area (Å²) in [7, 11) is 0. The number of esters is 1. The summed E-state index contributed by atoms with van der Waals surface area (Å²) in [5.41, 5.74) is 1.58. The molecular weight excluding hydrogens is 352 g/mol. The number of nitrogens with one attached hydrogen (secondary N) is 1. The minimum absolute atomic E-state index is 0.0370. The van der Waals surface area contributed by atoms with Crippen LogP contribution in [0.5, 0.6) is 0 Å². The molecule has 0 atom stereocenters. The van der Waals surface area contributed by atoms with Crippen LogP contribution in [0.15, 0.2) is 34.4 Å². The van der Waals surface area contributed by atoms with Gasteiger partial charge in [-0.25, -0.2) is 0 Å². The molecule has 1 amide bonds. The van der Waals surface area contributed by atoms with E-state index in [0.717, 1.165) is 22.6 Å². The lowest BCUT2D eigenvalue weighted by Crippen LogP contribution is -2.28. The summed E-state index contributed by atoms with van der Waals surface area (Å²) < 4.78 is 6.41. The Morgan fingerprint density at radius 1 is 1.33 bits per heavy atom. The van der Waals surface area contributed by atoms with Gasteiger partial charge < -0.3 is 14.6 Å². The lowest BCUT2D eigenvalue weighted by Gasteiger charge is -2.08. The molecule has 0 unspecified atom stereocenters. The number of ether oxygens (including phenoxy) is 1. The topological polar surface area (TPSA) is 77.4 Å². The van der Waals surface area contributed by atoms with Crippen molar-refractivity contribution in [1.82, 2.24) is 9.88 Å². The number of aromatic nitrogens is 1. The molecule has 0 saturated carbocycles. The molecular formula is C16H17ClN2O4S. The number of carbonyl (C=O) groups is 2. The standard InChI is InChI=1S/C16H17ClN2O4S/c1-11-10-24-16(22)19(11)7-6-15(21)23-9-14(20)18-8-12-4-2-3-5-13(12)17/h2-5,10H,6-9H2,1H3,(H,18,20). The van der Waals surface area contributed by atoms with Crippen molar-refractivity contribution in [2.45, 2.75) is 26.4 Å². The Balaban J connectivity index is 1.71. The van der Waals surface area contributed by atoms with Crippen LogP contribution in [0.1, 0.15) is 17.7 Å². The molecule has 1 aromatic carbocycles. The van der Waals surface area contributed by atoms with Gasteiger partial charge in [0.1, 0.15) is 0 Å². The van der Waals surface area contributed by atoms with Crippen LogP contribution in [0.2, 0.25) is 5.02 Å². The molecule has 2 aromatic rings. The summed E-state index contributed by atoms with van der Waals surface area (Å²) in [6.07, 6.45) is 0.0370. The molecule has 2 rings (SSSR count). The van der Waals surface area contributed by atoms with Gasteiger partial charge in [-0.1, -0.05) is 41.1 Å². The van der Waals surface area contributed by atoms with Crippen molar-refractivity contribution in [2.24, 2.45) is 0 Å². The predicted octanol–water partition coefficient (Wildman–Crippen LogP) is 2.12. The summed E-state index contributed by atoms with van der Waals surface area (Å²) in [6.45, 7) is 1.94. The van der Waals surface area contributed by atoms with Gasteiger partial charge >= 0.3 is 10.8 Å². The molecule has 0 aliphatic carbocycles. The molecule has 0 aliphatic heterocycles. The number of hydrogen-bond donors (Lipinski definition) is 1. The lowest BCUT2D eigenvalue weighted by molar-refractivity contribution is -0.148. The maximum atomic E-state index is 11.7. The number of halogens is 1. The number of hydrogen-bond acceptors (Lipinski definition) is 5. The van der Waals surface area contributed by atoms with Crippen molar-refractivity contribution in [2.75, 3.05) is 6.61 Å². The van der Waals surface area contributed by atoms with Gasteiger partial charge in [0.2, 0.25) is 0 Å². The van der Waals surface area contributed by atoms with Crippen LogP contribution in [0, 0.1) is 6.92 Å². The fourth-order valence-electron chi connectivity index (χ4n) is 1.98. The van der Waals surface area contributed by atoms with Crippen LogP contribution < -0.4 is 10.2 Å². The van der Waals surface area contributed by atoms with Crippen molar-refractivity contribution in [1.29, 1.82) is 0 Å². The third-order valence-electron chi connectivity index (χ3n) is 3.31. The van der Waals surface area contributed by atoms with E-state index in [1.165, 1.54) is 4.57 Å². The smallest absolute Gasteiger partial charge is 0.308 e. The molecule has 0 saturated heterocycles. The molecule has 0 bridgehead atoms. The largest absolute Gasteiger partial charge is 0.456 e. The van der Waals surface area contributed by atoms with E-state index < -0.39 is 11.9 Å². The summed E-state index contributed by atoms with van der Waals surface area (Å²) in [4.78, 5) is 34.8. The van der Waals surface area contributed by atoms with Gasteiger partial charge in [-0.3, -0.25) is 14.4 Å². The first-order chi connectivity index (χ1) is 11.5. The maximum Gasteiger partial charge on any atom is 0.308 e. The Morgan fingerprint density at radius 3 is 2.75 bits per heavy atom. The number of amides is 1. The highest BCUT2D eigenvalue weighted by molar-refractivity contribution is 7.07. The van der Waals surface area contributed by atoms with Gasteiger partial charge in [0.05, 0.1) is 6.42 Å². The fourth-order valence-corrected chi connectivity index (χ4v) is 2.95. The van der Waals surface area contributed by atoms with Crippen LogP contribution in [0.3, 0.4) is 0 Å². The second kappa shape index (κ2) is 8.65. The zero-order valence-corrected chi connectivity index (χ0v) is 14.7. The van der Waals surface area contributed by atoms with Crippen molar-refractivity contribution >= 4 is 34.8 Å². The number of benzene rings is 1. The predicted molar refractivity (Wildman–Crippen MR) is 92.2 cm³/mol. The summed E-state index contributed by atoms with van der Waals surface area (Å²) in [5.74, 6) is -0.937. The SMILES string of the molecule is Cc1csc(=O)n1CCC(=O)OCC(=O)NCc1ccccc1Cl. The first-order valence-corrected chi connectivity index (χ1v) is 8.54. The maximum absolute atomic E-state index is 11.7. The van der Waals surface area contributed by atoms with E-state index in [2.05, 4.69) is 5.32 Å². The third-order valence-corrected chi connectivity index (χ3v) is 4.56. The normalized spacial score (nSPS) is 10.4. The number of carbonyl (C=O) groups excluding carboxylic acids is 2. The van der Waals surface area contributed by atoms with E-state index in [0.29, 0.717) is 5.02 Å². The summed E-state index contributed by atoms with van der Waals surface area (Å²) in [6, 6.07) is 7.16.